The highest BCUT2D eigenvalue weighted by Crippen LogP contribution is 2.24. The summed E-state index contributed by atoms with van der Waals surface area (Å²) in [7, 11) is 0. The zero-order chi connectivity index (χ0) is 16.0. The summed E-state index contributed by atoms with van der Waals surface area (Å²) in [6.45, 7) is 8.79. The van der Waals surface area contributed by atoms with Gasteiger partial charge in [0.25, 0.3) is 0 Å². The topological polar surface area (TPSA) is 55.1 Å². The first-order valence-corrected chi connectivity index (χ1v) is 7.98. The van der Waals surface area contributed by atoms with Crippen LogP contribution >= 0.6 is 11.6 Å². The van der Waals surface area contributed by atoms with Crippen molar-refractivity contribution in [2.45, 2.75) is 40.2 Å². The van der Waals surface area contributed by atoms with Crippen LogP contribution in [0.2, 0.25) is 5.02 Å². The predicted octanol–water partition coefficient (Wildman–Crippen LogP) is 3.77. The Bertz CT molecular complexity index is 443. The Morgan fingerprint density at radius 1 is 1.19 bits per heavy atom. The second-order valence-corrected chi connectivity index (χ2v) is 6.78. The van der Waals surface area contributed by atoms with Crippen LogP contribution in [0.4, 0.5) is 0 Å². The molecule has 2 unspecified atom stereocenters. The average molecular weight is 311 g/mol. The van der Waals surface area contributed by atoms with Crippen molar-refractivity contribution in [3.8, 4) is 0 Å². The summed E-state index contributed by atoms with van der Waals surface area (Å²) in [6, 6.07) is 7.62. The Kier molecular flexibility index (Phi) is 7.20. The van der Waals surface area contributed by atoms with Gasteiger partial charge in [0.2, 0.25) is 5.91 Å². The Hall–Kier alpha value is -1.06. The fraction of sp³-hybridized carbons (Fsp3) is 0.588. The van der Waals surface area contributed by atoms with Gasteiger partial charge in [-0.05, 0) is 36.0 Å². The smallest absolute Gasteiger partial charge is 0.224 e. The fourth-order valence-corrected chi connectivity index (χ4v) is 2.58. The third-order valence-corrected chi connectivity index (χ3v) is 3.86. The van der Waals surface area contributed by atoms with Crippen molar-refractivity contribution in [1.82, 2.24) is 5.32 Å². The highest BCUT2D eigenvalue weighted by molar-refractivity contribution is 6.30. The summed E-state index contributed by atoms with van der Waals surface area (Å²) in [4.78, 5) is 12.4. The number of benzene rings is 1. The van der Waals surface area contributed by atoms with Crippen molar-refractivity contribution in [2.75, 3.05) is 6.54 Å². The van der Waals surface area contributed by atoms with Crippen LogP contribution in [0.3, 0.4) is 0 Å². The lowest BCUT2D eigenvalue weighted by Crippen LogP contribution is -2.39. The van der Waals surface area contributed by atoms with Gasteiger partial charge >= 0.3 is 0 Å². The molecule has 1 amide bonds. The maximum atomic E-state index is 12.4. The van der Waals surface area contributed by atoms with E-state index in [1.807, 2.05) is 24.3 Å². The number of nitrogens with one attached hydrogen (secondary N) is 1. The number of amides is 1. The molecular formula is C17H27ClN2O. The zero-order valence-corrected chi connectivity index (χ0v) is 14.2. The number of nitrogens with two attached hydrogens (primary N) is 1. The maximum absolute atomic E-state index is 12.4. The standard InChI is InChI=1S/C17H27ClN2O/c1-11(2)9-14(10-19)17(21)20-16(12(3)4)13-5-7-15(18)8-6-13/h5-8,11-12,14,16H,9-10,19H2,1-4H3,(H,20,21). The Balaban J connectivity index is 2.83. The quantitative estimate of drug-likeness (QED) is 0.805. The summed E-state index contributed by atoms with van der Waals surface area (Å²) in [6.07, 6.45) is 0.813. The molecule has 1 aromatic carbocycles. The summed E-state index contributed by atoms with van der Waals surface area (Å²) >= 11 is 5.93. The molecule has 3 nitrogen and oxygen atoms in total. The van der Waals surface area contributed by atoms with E-state index in [1.54, 1.807) is 0 Å². The molecule has 0 heterocycles. The first kappa shape index (κ1) is 18.0. The van der Waals surface area contributed by atoms with Crippen LogP contribution in [0.15, 0.2) is 24.3 Å². The molecule has 118 valence electrons. The minimum Gasteiger partial charge on any atom is -0.349 e. The number of rotatable bonds is 7. The molecule has 0 aliphatic heterocycles. The van der Waals surface area contributed by atoms with Crippen LogP contribution in [0.1, 0.15) is 45.7 Å². The molecule has 4 heteroatoms. The van der Waals surface area contributed by atoms with Crippen LogP contribution in [-0.4, -0.2) is 12.5 Å². The van der Waals surface area contributed by atoms with E-state index < -0.39 is 0 Å². The molecular weight excluding hydrogens is 284 g/mol. The molecule has 0 bridgehead atoms. The minimum atomic E-state index is -0.126. The monoisotopic (exact) mass is 310 g/mol. The number of hydrogen-bond acceptors (Lipinski definition) is 2. The molecule has 1 rings (SSSR count). The third-order valence-electron chi connectivity index (χ3n) is 3.60. The molecule has 0 aromatic heterocycles. The SMILES string of the molecule is CC(C)CC(CN)C(=O)NC(c1ccc(Cl)cc1)C(C)C. The number of carbonyl (C=O) groups excluding carboxylic acids is 1. The molecule has 2 atom stereocenters. The average Bonchev–Trinajstić information content (AvgIpc) is 2.42. The summed E-state index contributed by atoms with van der Waals surface area (Å²) in [5.74, 6) is 0.670. The van der Waals surface area contributed by atoms with E-state index in [0.29, 0.717) is 23.4 Å². The van der Waals surface area contributed by atoms with E-state index in [1.165, 1.54) is 0 Å². The van der Waals surface area contributed by atoms with E-state index in [2.05, 4.69) is 33.0 Å². The molecule has 3 N–H and O–H groups in total. The largest absolute Gasteiger partial charge is 0.349 e. The number of carbonyl (C=O) groups is 1. The van der Waals surface area contributed by atoms with E-state index >= 15 is 0 Å². The van der Waals surface area contributed by atoms with E-state index in [0.717, 1.165) is 12.0 Å². The molecule has 0 aliphatic carbocycles. The third kappa shape index (κ3) is 5.68. The van der Waals surface area contributed by atoms with E-state index in [9.17, 15) is 4.79 Å². The molecule has 0 radical (unpaired) electrons. The predicted molar refractivity (Wildman–Crippen MR) is 89.2 cm³/mol. The second kappa shape index (κ2) is 8.40. The van der Waals surface area contributed by atoms with Crippen LogP contribution in [0, 0.1) is 17.8 Å². The van der Waals surface area contributed by atoms with Crippen LogP contribution in [0.25, 0.3) is 0 Å². The highest BCUT2D eigenvalue weighted by atomic mass is 35.5. The van der Waals surface area contributed by atoms with Crippen molar-refractivity contribution in [1.29, 1.82) is 0 Å². The normalized spacial score (nSPS) is 14.3. The minimum absolute atomic E-state index is 0.0176. The zero-order valence-electron chi connectivity index (χ0n) is 13.4. The van der Waals surface area contributed by atoms with Crippen LogP contribution in [-0.2, 0) is 4.79 Å². The molecule has 0 fully saturated rings. The second-order valence-electron chi connectivity index (χ2n) is 6.34. The molecule has 21 heavy (non-hydrogen) atoms. The van der Waals surface area contributed by atoms with Crippen molar-refractivity contribution in [3.05, 3.63) is 34.9 Å². The van der Waals surface area contributed by atoms with Gasteiger partial charge in [-0.1, -0.05) is 51.4 Å². The highest BCUT2D eigenvalue weighted by Gasteiger charge is 2.23. The maximum Gasteiger partial charge on any atom is 0.224 e. The van der Waals surface area contributed by atoms with Crippen molar-refractivity contribution < 1.29 is 4.79 Å². The Morgan fingerprint density at radius 3 is 2.19 bits per heavy atom. The van der Waals surface area contributed by atoms with E-state index in [4.69, 9.17) is 17.3 Å². The van der Waals surface area contributed by atoms with Crippen molar-refractivity contribution in [3.63, 3.8) is 0 Å². The molecule has 1 aromatic rings. The lowest BCUT2D eigenvalue weighted by atomic mass is 9.92. The van der Waals surface area contributed by atoms with Crippen LogP contribution in [0.5, 0.6) is 0 Å². The summed E-state index contributed by atoms with van der Waals surface area (Å²) in [5.41, 5.74) is 6.83. The van der Waals surface area contributed by atoms with Gasteiger partial charge < -0.3 is 11.1 Å². The van der Waals surface area contributed by atoms with Crippen molar-refractivity contribution in [2.24, 2.45) is 23.5 Å². The van der Waals surface area contributed by atoms with Gasteiger partial charge in [-0.3, -0.25) is 4.79 Å². The fourth-order valence-electron chi connectivity index (χ4n) is 2.46. The number of halogens is 1. The lowest BCUT2D eigenvalue weighted by Gasteiger charge is -2.26. The molecule has 0 aliphatic rings. The van der Waals surface area contributed by atoms with Gasteiger partial charge in [0.15, 0.2) is 0 Å². The lowest BCUT2D eigenvalue weighted by molar-refractivity contribution is -0.126. The van der Waals surface area contributed by atoms with Crippen molar-refractivity contribution >= 4 is 17.5 Å². The van der Waals surface area contributed by atoms with Gasteiger partial charge in [0.1, 0.15) is 0 Å². The van der Waals surface area contributed by atoms with E-state index in [-0.39, 0.29) is 17.9 Å². The van der Waals surface area contributed by atoms with Gasteiger partial charge in [0.05, 0.1) is 12.0 Å². The Labute approximate surface area is 133 Å². The van der Waals surface area contributed by atoms with Gasteiger partial charge in [0, 0.05) is 11.6 Å². The first-order chi connectivity index (χ1) is 9.85. The molecule has 0 spiro atoms. The van der Waals surface area contributed by atoms with Crippen LogP contribution < -0.4 is 11.1 Å². The van der Waals surface area contributed by atoms with Gasteiger partial charge in [-0.25, -0.2) is 0 Å². The first-order valence-electron chi connectivity index (χ1n) is 7.61. The summed E-state index contributed by atoms with van der Waals surface area (Å²) in [5, 5.41) is 3.85. The summed E-state index contributed by atoms with van der Waals surface area (Å²) < 4.78 is 0. The van der Waals surface area contributed by atoms with Gasteiger partial charge in [-0.2, -0.15) is 0 Å². The molecule has 0 saturated heterocycles. The Morgan fingerprint density at radius 2 is 1.76 bits per heavy atom. The number of hydrogen-bond donors (Lipinski definition) is 2. The van der Waals surface area contributed by atoms with Gasteiger partial charge in [-0.15, -0.1) is 0 Å². The molecule has 0 saturated carbocycles.